The molecule has 2 N–H and O–H groups in total. The molecule has 0 saturated carbocycles. The number of benzene rings is 2. The van der Waals surface area contributed by atoms with Crippen LogP contribution in [-0.2, 0) is 0 Å². The van der Waals surface area contributed by atoms with E-state index in [0.717, 1.165) is 15.0 Å². The maximum Gasteiger partial charge on any atom is 0.258 e. The van der Waals surface area contributed by atoms with Crippen LogP contribution in [0.25, 0.3) is 15.5 Å². The number of amides is 1. The fraction of sp³-hybridized carbons (Fsp3) is 0. The van der Waals surface area contributed by atoms with E-state index >= 15 is 0 Å². The van der Waals surface area contributed by atoms with Gasteiger partial charge in [0.1, 0.15) is 11.3 Å². The maximum atomic E-state index is 12.4. The lowest BCUT2D eigenvalue weighted by molar-refractivity contribution is 0.0978. The Balaban J connectivity index is 1.48. The van der Waals surface area contributed by atoms with Gasteiger partial charge in [-0.2, -0.15) is 9.61 Å². The number of nitrogens with one attached hydrogen (secondary N) is 2. The van der Waals surface area contributed by atoms with E-state index in [2.05, 4.69) is 41.9 Å². The second-order valence-electron chi connectivity index (χ2n) is 5.58. The molecule has 0 radical (unpaired) electrons. The molecule has 0 saturated heterocycles. The Morgan fingerprint density at radius 3 is 2.93 bits per heavy atom. The number of hydrogen-bond acceptors (Lipinski definition) is 6. The summed E-state index contributed by atoms with van der Waals surface area (Å²) in [6.45, 7) is 0. The Morgan fingerprint density at radius 1 is 1.25 bits per heavy atom. The predicted octanol–water partition coefficient (Wildman–Crippen LogP) is 4.40. The van der Waals surface area contributed by atoms with E-state index in [1.807, 2.05) is 24.3 Å². The van der Waals surface area contributed by atoms with Crippen LogP contribution in [0.2, 0.25) is 5.02 Å². The molecule has 0 aliphatic rings. The summed E-state index contributed by atoms with van der Waals surface area (Å²) >= 11 is 16.1. The molecule has 7 nitrogen and oxygen atoms in total. The minimum absolute atomic E-state index is 0.163. The number of nitrogens with zero attached hydrogens (tertiary/aromatic N) is 4. The summed E-state index contributed by atoms with van der Waals surface area (Å²) in [5.41, 5.74) is 1.94. The number of rotatable bonds is 3. The highest BCUT2D eigenvalue weighted by atomic mass is 79.9. The molecule has 0 fully saturated rings. The third-order valence-corrected chi connectivity index (χ3v) is 5.64. The Kier molecular flexibility index (Phi) is 5.36. The number of thiocarbonyl (C=S) groups is 1. The van der Waals surface area contributed by atoms with Gasteiger partial charge in [-0.15, -0.1) is 10.2 Å². The van der Waals surface area contributed by atoms with Crippen LogP contribution >= 0.6 is 51.1 Å². The zero-order valence-electron chi connectivity index (χ0n) is 13.9. The van der Waals surface area contributed by atoms with Crippen LogP contribution in [0, 0.1) is 0 Å². The van der Waals surface area contributed by atoms with Crippen molar-refractivity contribution in [3.8, 4) is 10.6 Å². The van der Waals surface area contributed by atoms with Crippen molar-refractivity contribution >= 4 is 72.8 Å². The van der Waals surface area contributed by atoms with Gasteiger partial charge in [0.25, 0.3) is 5.91 Å². The molecule has 0 atom stereocenters. The first-order valence-corrected chi connectivity index (χ1v) is 10.2. The summed E-state index contributed by atoms with van der Waals surface area (Å²) in [4.78, 5) is 13.1. The van der Waals surface area contributed by atoms with Crippen LogP contribution in [0.4, 0.5) is 5.69 Å². The summed E-state index contributed by atoms with van der Waals surface area (Å²) in [6.07, 6.45) is 1.55. The number of aromatic nitrogens is 4. The van der Waals surface area contributed by atoms with Crippen LogP contribution in [0.1, 0.15) is 10.4 Å². The Morgan fingerprint density at radius 2 is 2.11 bits per heavy atom. The topological polar surface area (TPSA) is 84.2 Å². The number of anilines is 1. The lowest BCUT2D eigenvalue weighted by Crippen LogP contribution is -2.34. The van der Waals surface area contributed by atoms with Crippen molar-refractivity contribution in [3.05, 3.63) is 63.9 Å². The third-order valence-electron chi connectivity index (χ3n) is 3.65. The van der Waals surface area contributed by atoms with Crippen LogP contribution < -0.4 is 10.6 Å². The van der Waals surface area contributed by atoms with Gasteiger partial charge in [-0.3, -0.25) is 10.1 Å². The SMILES string of the molecule is O=C(NC(=S)Nc1cccc(-c2nn3cnnc3s2)c1)c1cc(Br)ccc1Cl. The normalized spacial score (nSPS) is 10.8. The second kappa shape index (κ2) is 7.92. The van der Waals surface area contributed by atoms with Crippen molar-refractivity contribution in [2.45, 2.75) is 0 Å². The van der Waals surface area contributed by atoms with E-state index < -0.39 is 5.91 Å². The van der Waals surface area contributed by atoms with E-state index in [1.54, 1.807) is 29.0 Å². The summed E-state index contributed by atoms with van der Waals surface area (Å²) in [5, 5.41) is 19.1. The monoisotopic (exact) mass is 492 g/mol. The number of carbonyl (C=O) groups is 1. The average molecular weight is 494 g/mol. The van der Waals surface area contributed by atoms with E-state index in [9.17, 15) is 4.79 Å². The van der Waals surface area contributed by atoms with Crippen molar-refractivity contribution in [2.24, 2.45) is 0 Å². The summed E-state index contributed by atoms with van der Waals surface area (Å²) in [6, 6.07) is 12.6. The van der Waals surface area contributed by atoms with Gasteiger partial charge < -0.3 is 5.32 Å². The Hall–Kier alpha value is -2.40. The van der Waals surface area contributed by atoms with E-state index in [4.69, 9.17) is 23.8 Å². The molecule has 2 heterocycles. The van der Waals surface area contributed by atoms with Gasteiger partial charge in [-0.25, -0.2) is 0 Å². The molecule has 28 heavy (non-hydrogen) atoms. The van der Waals surface area contributed by atoms with Crippen LogP contribution in [0.15, 0.2) is 53.3 Å². The minimum atomic E-state index is -0.395. The maximum absolute atomic E-state index is 12.4. The first-order valence-electron chi connectivity index (χ1n) is 7.84. The molecule has 2 aromatic heterocycles. The van der Waals surface area contributed by atoms with E-state index in [-0.39, 0.29) is 5.11 Å². The van der Waals surface area contributed by atoms with Crippen LogP contribution in [-0.4, -0.2) is 30.8 Å². The van der Waals surface area contributed by atoms with Gasteiger partial charge >= 0.3 is 0 Å². The summed E-state index contributed by atoms with van der Waals surface area (Å²) in [5.74, 6) is -0.395. The molecular weight excluding hydrogens is 484 g/mol. The van der Waals surface area contributed by atoms with Crippen molar-refractivity contribution in [2.75, 3.05) is 5.32 Å². The minimum Gasteiger partial charge on any atom is -0.332 e. The van der Waals surface area contributed by atoms with E-state index in [1.165, 1.54) is 11.3 Å². The van der Waals surface area contributed by atoms with Gasteiger partial charge in [0.2, 0.25) is 4.96 Å². The molecule has 0 spiro atoms. The van der Waals surface area contributed by atoms with Crippen LogP contribution in [0.3, 0.4) is 0 Å². The highest BCUT2D eigenvalue weighted by Crippen LogP contribution is 2.27. The van der Waals surface area contributed by atoms with Crippen molar-refractivity contribution < 1.29 is 4.79 Å². The van der Waals surface area contributed by atoms with Gasteiger partial charge in [0, 0.05) is 15.7 Å². The Labute approximate surface area is 181 Å². The molecule has 4 aromatic rings. The highest BCUT2D eigenvalue weighted by molar-refractivity contribution is 9.10. The van der Waals surface area contributed by atoms with Gasteiger partial charge in [-0.05, 0) is 42.5 Å². The molecule has 1 amide bonds. The highest BCUT2D eigenvalue weighted by Gasteiger charge is 2.13. The fourth-order valence-corrected chi connectivity index (χ4v) is 4.00. The lowest BCUT2D eigenvalue weighted by atomic mass is 10.2. The van der Waals surface area contributed by atoms with Crippen LogP contribution in [0.5, 0.6) is 0 Å². The standard InChI is InChI=1S/C17H10BrClN6OS2/c18-10-4-5-13(19)12(7-10)14(26)22-16(27)21-11-3-1-2-9(6-11)15-24-25-8-20-23-17(25)28-15/h1-8H,(H2,21,22,26,27). The molecule has 0 bridgehead atoms. The number of halogens is 2. The average Bonchev–Trinajstić information content (AvgIpc) is 3.26. The van der Waals surface area contributed by atoms with Crippen molar-refractivity contribution in [3.63, 3.8) is 0 Å². The van der Waals surface area contributed by atoms with Gasteiger partial charge in [-0.1, -0.05) is 51.0 Å². The smallest absolute Gasteiger partial charge is 0.258 e. The zero-order chi connectivity index (χ0) is 19.7. The van der Waals surface area contributed by atoms with Crippen molar-refractivity contribution in [1.29, 1.82) is 0 Å². The van der Waals surface area contributed by atoms with Gasteiger partial charge in [0.15, 0.2) is 5.11 Å². The van der Waals surface area contributed by atoms with E-state index in [0.29, 0.717) is 21.2 Å². The molecule has 0 aliphatic heterocycles. The molecule has 0 aliphatic carbocycles. The molecule has 4 rings (SSSR count). The summed E-state index contributed by atoms with van der Waals surface area (Å²) < 4.78 is 2.37. The molecule has 2 aromatic carbocycles. The van der Waals surface area contributed by atoms with Gasteiger partial charge in [0.05, 0.1) is 10.6 Å². The molecular formula is C17H10BrClN6OS2. The summed E-state index contributed by atoms with van der Waals surface area (Å²) in [7, 11) is 0. The quantitative estimate of drug-likeness (QED) is 0.412. The molecule has 0 unspecified atom stereocenters. The van der Waals surface area contributed by atoms with Crippen molar-refractivity contribution in [1.82, 2.24) is 25.1 Å². The first-order chi connectivity index (χ1) is 13.5. The predicted molar refractivity (Wildman–Crippen MR) is 117 cm³/mol. The second-order valence-corrected chi connectivity index (χ2v) is 8.27. The Bertz CT molecular complexity index is 1180. The lowest BCUT2D eigenvalue weighted by Gasteiger charge is -2.11. The zero-order valence-corrected chi connectivity index (χ0v) is 17.9. The number of hydrogen-bond donors (Lipinski definition) is 2. The third kappa shape index (κ3) is 4.04. The largest absolute Gasteiger partial charge is 0.332 e. The first kappa shape index (κ1) is 18.9. The number of carbonyl (C=O) groups excluding carboxylic acids is 1. The molecule has 140 valence electrons. The number of fused-ring (bicyclic) bond motifs is 1. The fourth-order valence-electron chi connectivity index (χ4n) is 2.41. The molecule has 11 heteroatoms.